The summed E-state index contributed by atoms with van der Waals surface area (Å²) in [6.45, 7) is 0.802. The number of carbonyl (C=O) groups is 2. The molecular formula is C15H20N2O5. The molecule has 0 radical (unpaired) electrons. The number of nitrogens with zero attached hydrogens (tertiary/aromatic N) is 1. The first-order valence-electron chi connectivity index (χ1n) is 7.22. The van der Waals surface area contributed by atoms with Crippen LogP contribution >= 0.6 is 0 Å². The van der Waals surface area contributed by atoms with Gasteiger partial charge in [-0.2, -0.15) is 0 Å². The van der Waals surface area contributed by atoms with Crippen LogP contribution in [0, 0.1) is 0 Å². The number of aliphatic hydroxyl groups excluding tert-OH is 1. The van der Waals surface area contributed by atoms with Crippen molar-refractivity contribution in [2.75, 3.05) is 13.1 Å². The molecule has 1 atom stereocenters. The number of hydrogen-bond donors (Lipinski definition) is 3. The Bertz CT molecular complexity index is 500. The highest BCUT2D eigenvalue weighted by molar-refractivity contribution is 5.74. The summed E-state index contributed by atoms with van der Waals surface area (Å²) in [5, 5.41) is 18.6. The summed E-state index contributed by atoms with van der Waals surface area (Å²) in [5.74, 6) is -1.09. The first kappa shape index (κ1) is 16.3. The van der Waals surface area contributed by atoms with Crippen molar-refractivity contribution in [3.63, 3.8) is 0 Å². The van der Waals surface area contributed by atoms with Crippen LogP contribution in [-0.4, -0.2) is 52.4 Å². The molecule has 1 aliphatic rings. The van der Waals surface area contributed by atoms with E-state index in [0.717, 1.165) is 5.56 Å². The molecule has 0 spiro atoms. The van der Waals surface area contributed by atoms with Gasteiger partial charge in [0.15, 0.2) is 0 Å². The Hall–Kier alpha value is -2.12. The van der Waals surface area contributed by atoms with Gasteiger partial charge in [-0.3, -0.25) is 4.79 Å². The molecule has 0 saturated carbocycles. The van der Waals surface area contributed by atoms with Gasteiger partial charge in [0.1, 0.15) is 6.04 Å². The van der Waals surface area contributed by atoms with Crippen LogP contribution in [0.2, 0.25) is 0 Å². The third-order valence-electron chi connectivity index (χ3n) is 3.59. The Morgan fingerprint density at radius 2 is 1.91 bits per heavy atom. The van der Waals surface area contributed by atoms with Crippen LogP contribution in [0.3, 0.4) is 0 Å². The lowest BCUT2D eigenvalue weighted by molar-refractivity contribution is -0.142. The van der Waals surface area contributed by atoms with Gasteiger partial charge in [0, 0.05) is 19.5 Å². The number of benzene rings is 1. The van der Waals surface area contributed by atoms with E-state index in [0.29, 0.717) is 25.9 Å². The number of likely N-dealkylation sites (tertiary alicyclic amines) is 1. The molecule has 1 amide bonds. The number of hydrogen-bond acceptors (Lipinski definition) is 5. The van der Waals surface area contributed by atoms with E-state index in [1.54, 1.807) is 0 Å². The van der Waals surface area contributed by atoms with Crippen LogP contribution in [0.4, 0.5) is 4.79 Å². The van der Waals surface area contributed by atoms with Crippen molar-refractivity contribution in [1.29, 1.82) is 0 Å². The van der Waals surface area contributed by atoms with E-state index in [-0.39, 0.29) is 12.5 Å². The number of hydroxylamine groups is 1. The van der Waals surface area contributed by atoms with Gasteiger partial charge in [0.25, 0.3) is 0 Å². The van der Waals surface area contributed by atoms with Crippen molar-refractivity contribution in [3.8, 4) is 0 Å². The van der Waals surface area contributed by atoms with Crippen LogP contribution in [0.25, 0.3) is 0 Å². The molecule has 7 heteroatoms. The molecule has 1 heterocycles. The molecule has 0 bridgehead atoms. The minimum Gasteiger partial charge on any atom is -0.480 e. The van der Waals surface area contributed by atoms with E-state index >= 15 is 0 Å². The van der Waals surface area contributed by atoms with Crippen molar-refractivity contribution in [2.45, 2.75) is 31.4 Å². The summed E-state index contributed by atoms with van der Waals surface area (Å²) in [6.07, 6.45) is 0.207. The van der Waals surface area contributed by atoms with Crippen LogP contribution in [0.5, 0.6) is 0 Å². The van der Waals surface area contributed by atoms with E-state index in [4.69, 9.17) is 4.84 Å². The van der Waals surface area contributed by atoms with Crippen molar-refractivity contribution in [2.24, 2.45) is 0 Å². The number of piperidine rings is 1. The zero-order chi connectivity index (χ0) is 15.9. The zero-order valence-corrected chi connectivity index (χ0v) is 12.1. The van der Waals surface area contributed by atoms with E-state index in [1.807, 2.05) is 30.3 Å². The lowest BCUT2D eigenvalue weighted by Crippen LogP contribution is -2.46. The third kappa shape index (κ3) is 4.71. The maximum absolute atomic E-state index is 11.9. The highest BCUT2D eigenvalue weighted by atomic mass is 16.7. The lowest BCUT2D eigenvalue weighted by Gasteiger charge is -2.28. The second-order valence-electron chi connectivity index (χ2n) is 5.28. The van der Waals surface area contributed by atoms with Crippen molar-refractivity contribution in [3.05, 3.63) is 35.9 Å². The summed E-state index contributed by atoms with van der Waals surface area (Å²) in [7, 11) is 0. The van der Waals surface area contributed by atoms with Gasteiger partial charge in [0.05, 0.1) is 6.10 Å². The maximum Gasteiger partial charge on any atom is 0.428 e. The lowest BCUT2D eigenvalue weighted by atomic mass is 10.1. The summed E-state index contributed by atoms with van der Waals surface area (Å²) in [5.41, 5.74) is 3.16. The molecule has 1 aromatic carbocycles. The second-order valence-corrected chi connectivity index (χ2v) is 5.28. The summed E-state index contributed by atoms with van der Waals surface area (Å²) >= 11 is 0. The topological polar surface area (TPSA) is 99.1 Å². The van der Waals surface area contributed by atoms with E-state index < -0.39 is 18.1 Å². The Kier molecular flexibility index (Phi) is 5.74. The molecule has 1 aromatic rings. The van der Waals surface area contributed by atoms with Crippen LogP contribution < -0.4 is 5.48 Å². The molecule has 1 aliphatic heterocycles. The Morgan fingerprint density at radius 1 is 1.27 bits per heavy atom. The normalized spacial score (nSPS) is 17.0. The predicted molar refractivity (Wildman–Crippen MR) is 78.0 cm³/mol. The molecule has 0 unspecified atom stereocenters. The van der Waals surface area contributed by atoms with Crippen molar-refractivity contribution in [1.82, 2.24) is 10.4 Å². The number of carboxylic acids is 1. The monoisotopic (exact) mass is 308 g/mol. The molecule has 1 fully saturated rings. The highest BCUT2D eigenvalue weighted by Gasteiger charge is 2.25. The van der Waals surface area contributed by atoms with Gasteiger partial charge in [-0.1, -0.05) is 30.3 Å². The molecule has 2 rings (SSSR count). The first-order chi connectivity index (χ1) is 10.6. The van der Waals surface area contributed by atoms with Crippen LogP contribution in [0.15, 0.2) is 30.3 Å². The van der Waals surface area contributed by atoms with Gasteiger partial charge < -0.3 is 20.0 Å². The highest BCUT2D eigenvalue weighted by Crippen LogP contribution is 2.11. The summed E-state index contributed by atoms with van der Waals surface area (Å²) in [4.78, 5) is 29.4. The average molecular weight is 308 g/mol. The molecule has 3 N–H and O–H groups in total. The molecule has 120 valence electrons. The maximum atomic E-state index is 11.9. The fourth-order valence-corrected chi connectivity index (χ4v) is 2.26. The number of amides is 1. The number of nitrogens with one attached hydrogen (secondary N) is 1. The zero-order valence-electron chi connectivity index (χ0n) is 12.1. The second kappa shape index (κ2) is 7.77. The Morgan fingerprint density at radius 3 is 2.50 bits per heavy atom. The molecular weight excluding hydrogens is 288 g/mol. The minimum atomic E-state index is -1.09. The number of aliphatic carboxylic acids is 1. The van der Waals surface area contributed by atoms with E-state index in [9.17, 15) is 19.8 Å². The largest absolute Gasteiger partial charge is 0.480 e. The Labute approximate surface area is 128 Å². The summed E-state index contributed by atoms with van der Waals surface area (Å²) in [6, 6.07) is 8.09. The molecule has 1 saturated heterocycles. The van der Waals surface area contributed by atoms with Crippen molar-refractivity contribution < 1.29 is 24.6 Å². The smallest absolute Gasteiger partial charge is 0.428 e. The molecule has 0 aliphatic carbocycles. The standard InChI is InChI=1S/C15H20N2O5/c18-12-6-8-17(9-7-12)15(21)22-16-13(14(19)20)10-11-4-2-1-3-5-11/h1-5,12-13,16,18H,6-10H2,(H,19,20)/t13-/m0/s1. The van der Waals surface area contributed by atoms with E-state index in [1.165, 1.54) is 4.90 Å². The SMILES string of the molecule is O=C(O)[C@H](Cc1ccccc1)NOC(=O)N1CCC(O)CC1. The first-order valence-corrected chi connectivity index (χ1v) is 7.22. The average Bonchev–Trinajstić information content (AvgIpc) is 2.52. The molecule has 0 aromatic heterocycles. The third-order valence-corrected chi connectivity index (χ3v) is 3.59. The number of rotatable bonds is 5. The molecule has 7 nitrogen and oxygen atoms in total. The fourth-order valence-electron chi connectivity index (χ4n) is 2.26. The van der Waals surface area contributed by atoms with Gasteiger partial charge in [-0.25, -0.2) is 4.79 Å². The van der Waals surface area contributed by atoms with Crippen molar-refractivity contribution >= 4 is 12.1 Å². The number of carbonyl (C=O) groups excluding carboxylic acids is 1. The Balaban J connectivity index is 1.84. The van der Waals surface area contributed by atoms with Gasteiger partial charge in [0.2, 0.25) is 0 Å². The van der Waals surface area contributed by atoms with E-state index in [2.05, 4.69) is 5.48 Å². The van der Waals surface area contributed by atoms with Gasteiger partial charge >= 0.3 is 12.1 Å². The van der Waals surface area contributed by atoms with Crippen LogP contribution in [0.1, 0.15) is 18.4 Å². The number of carboxylic acid groups (broad SMARTS) is 1. The predicted octanol–water partition coefficient (Wildman–Crippen LogP) is 0.780. The number of aliphatic hydroxyl groups is 1. The quantitative estimate of drug-likeness (QED) is 0.695. The summed E-state index contributed by atoms with van der Waals surface area (Å²) < 4.78 is 0. The minimum absolute atomic E-state index is 0.210. The van der Waals surface area contributed by atoms with Crippen LogP contribution in [-0.2, 0) is 16.1 Å². The molecule has 22 heavy (non-hydrogen) atoms. The van der Waals surface area contributed by atoms with Gasteiger partial charge in [-0.05, 0) is 18.4 Å². The fraction of sp³-hybridized carbons (Fsp3) is 0.467. The van der Waals surface area contributed by atoms with Gasteiger partial charge in [-0.15, -0.1) is 5.48 Å².